The number of hydrogen-bond acceptors (Lipinski definition) is 9. The number of fused-ring (bicyclic) bond motifs is 2. The minimum Gasteiger partial charge on any atom is -0.383 e. The number of rotatable bonds is 7. The summed E-state index contributed by atoms with van der Waals surface area (Å²) in [5.41, 5.74) is 18.1. The SMILES string of the molecule is NC(=O)c1nc2c(C(=O)N3CCN(Cc4ccc(-n5c(-c6cccnc6N)nc6ccc(-c7ccccc7)nc65)cc4)CC3)cc(F)cc2s1. The van der Waals surface area contributed by atoms with Gasteiger partial charge in [-0.15, -0.1) is 11.3 Å². The zero-order chi connectivity index (χ0) is 34.4. The lowest BCUT2D eigenvalue weighted by Gasteiger charge is -2.34. The molecule has 0 atom stereocenters. The van der Waals surface area contributed by atoms with Crippen LogP contribution in [-0.4, -0.2) is 72.3 Å². The molecule has 3 aromatic carbocycles. The number of hydrogen-bond donors (Lipinski definition) is 2. The third-order valence-electron chi connectivity index (χ3n) is 8.81. The third-order valence-corrected chi connectivity index (χ3v) is 9.83. The number of carbonyl (C=O) groups excluding carboxylic acids is 2. The fourth-order valence-electron chi connectivity index (χ4n) is 6.31. The molecule has 0 aliphatic carbocycles. The minimum atomic E-state index is -0.711. The van der Waals surface area contributed by atoms with Crippen LogP contribution in [0.3, 0.4) is 0 Å². The van der Waals surface area contributed by atoms with E-state index in [0.29, 0.717) is 65.8 Å². The van der Waals surface area contributed by atoms with Gasteiger partial charge in [0.15, 0.2) is 16.5 Å². The maximum atomic E-state index is 14.4. The summed E-state index contributed by atoms with van der Waals surface area (Å²) in [6.45, 7) is 2.89. The van der Waals surface area contributed by atoms with Gasteiger partial charge in [-0.3, -0.25) is 19.1 Å². The fourth-order valence-corrected chi connectivity index (χ4v) is 7.18. The van der Waals surface area contributed by atoms with Crippen molar-refractivity contribution in [2.45, 2.75) is 6.54 Å². The smallest absolute Gasteiger partial charge is 0.277 e. The van der Waals surface area contributed by atoms with Crippen LogP contribution in [0.5, 0.6) is 0 Å². The molecule has 0 radical (unpaired) electrons. The molecule has 1 aliphatic rings. The van der Waals surface area contributed by atoms with Gasteiger partial charge in [-0.25, -0.2) is 24.3 Å². The molecule has 1 fully saturated rings. The Morgan fingerprint density at radius 2 is 1.64 bits per heavy atom. The monoisotopic (exact) mass is 683 g/mol. The first-order valence-corrected chi connectivity index (χ1v) is 16.8. The van der Waals surface area contributed by atoms with E-state index in [1.165, 1.54) is 12.1 Å². The Kier molecular flexibility index (Phi) is 7.97. The van der Waals surface area contributed by atoms with E-state index >= 15 is 0 Å². The molecule has 1 saturated heterocycles. The summed E-state index contributed by atoms with van der Waals surface area (Å²) < 4.78 is 16.8. The van der Waals surface area contributed by atoms with Gasteiger partial charge < -0.3 is 16.4 Å². The molecular weight excluding hydrogens is 654 g/mol. The molecule has 4 N–H and O–H groups in total. The highest BCUT2D eigenvalue weighted by Crippen LogP contribution is 2.32. The number of carbonyl (C=O) groups is 2. The average molecular weight is 684 g/mol. The van der Waals surface area contributed by atoms with E-state index in [1.54, 1.807) is 11.1 Å². The lowest BCUT2D eigenvalue weighted by molar-refractivity contribution is 0.0629. The van der Waals surface area contributed by atoms with E-state index in [1.807, 2.05) is 71.3 Å². The number of amides is 2. The van der Waals surface area contributed by atoms with Crippen LogP contribution in [0.4, 0.5) is 10.2 Å². The molecule has 0 spiro atoms. The normalized spacial score (nSPS) is 13.7. The van der Waals surface area contributed by atoms with E-state index in [0.717, 1.165) is 39.4 Å². The molecule has 0 saturated carbocycles. The number of halogens is 1. The van der Waals surface area contributed by atoms with Crippen molar-refractivity contribution in [1.29, 1.82) is 0 Å². The number of nitrogens with zero attached hydrogens (tertiary/aromatic N) is 7. The number of nitrogen functional groups attached to an aromatic ring is 1. The predicted octanol–water partition coefficient (Wildman–Crippen LogP) is 5.54. The average Bonchev–Trinajstić information content (AvgIpc) is 3.74. The number of pyridine rings is 2. The van der Waals surface area contributed by atoms with Gasteiger partial charge in [0.25, 0.3) is 11.8 Å². The highest BCUT2D eigenvalue weighted by atomic mass is 32.1. The van der Waals surface area contributed by atoms with E-state index in [-0.39, 0.29) is 16.5 Å². The summed E-state index contributed by atoms with van der Waals surface area (Å²) in [5, 5.41) is 0.0438. The van der Waals surface area contributed by atoms with Gasteiger partial charge >= 0.3 is 0 Å². The van der Waals surface area contributed by atoms with Crippen molar-refractivity contribution >= 4 is 50.3 Å². The van der Waals surface area contributed by atoms with E-state index < -0.39 is 11.7 Å². The number of piperazine rings is 1. The van der Waals surface area contributed by atoms with Crippen molar-refractivity contribution in [2.75, 3.05) is 31.9 Å². The summed E-state index contributed by atoms with van der Waals surface area (Å²) in [6.07, 6.45) is 1.66. The molecule has 2 amide bonds. The van der Waals surface area contributed by atoms with Crippen LogP contribution < -0.4 is 11.5 Å². The zero-order valence-corrected chi connectivity index (χ0v) is 27.5. The maximum Gasteiger partial charge on any atom is 0.277 e. The quantitative estimate of drug-likeness (QED) is 0.223. The van der Waals surface area contributed by atoms with Gasteiger partial charge in [0.2, 0.25) is 0 Å². The molecule has 5 heterocycles. The molecule has 7 aromatic rings. The highest BCUT2D eigenvalue weighted by molar-refractivity contribution is 7.20. The van der Waals surface area contributed by atoms with Gasteiger partial charge in [0, 0.05) is 50.2 Å². The predicted molar refractivity (Wildman–Crippen MR) is 191 cm³/mol. The van der Waals surface area contributed by atoms with Crippen molar-refractivity contribution in [2.24, 2.45) is 5.73 Å². The zero-order valence-electron chi connectivity index (χ0n) is 26.7. The number of imidazole rings is 1. The first-order valence-electron chi connectivity index (χ1n) is 16.0. The number of aromatic nitrogens is 5. The third kappa shape index (κ3) is 5.82. The van der Waals surface area contributed by atoms with Gasteiger partial charge in [0.1, 0.15) is 17.2 Å². The summed E-state index contributed by atoms with van der Waals surface area (Å²) in [6, 6.07) is 28.4. The molecule has 4 aromatic heterocycles. The van der Waals surface area contributed by atoms with Crippen molar-refractivity contribution in [3.8, 4) is 28.3 Å². The standard InChI is InChI=1S/C37H30FN9O2S/c38-24-19-27(31-30(20-24)50-36(44-31)33(40)48)37(49)46-17-15-45(16-18-46)21-22-8-10-25(11-9-22)47-34(26-7-4-14-41-32(26)39)43-29-13-12-28(42-35(29)47)23-5-2-1-3-6-23/h1-14,19-20H,15-18,21H2,(H2,39,41)(H2,40,48). The molecule has 0 bridgehead atoms. The maximum absolute atomic E-state index is 14.4. The first kappa shape index (κ1) is 31.2. The second kappa shape index (κ2) is 12.8. The highest BCUT2D eigenvalue weighted by Gasteiger charge is 2.26. The minimum absolute atomic E-state index is 0.0438. The second-order valence-electron chi connectivity index (χ2n) is 12.0. The van der Waals surface area contributed by atoms with E-state index in [4.69, 9.17) is 21.4 Å². The van der Waals surface area contributed by atoms with Crippen molar-refractivity contribution < 1.29 is 14.0 Å². The lowest BCUT2D eigenvalue weighted by Crippen LogP contribution is -2.48. The van der Waals surface area contributed by atoms with Crippen LogP contribution in [0, 0.1) is 5.82 Å². The number of anilines is 1. The molecule has 248 valence electrons. The first-order chi connectivity index (χ1) is 24.3. The Balaban J connectivity index is 1.02. The van der Waals surface area contributed by atoms with Crippen LogP contribution in [0.1, 0.15) is 25.7 Å². The van der Waals surface area contributed by atoms with E-state index in [9.17, 15) is 14.0 Å². The molecular formula is C37H30FN9O2S. The number of thiazole rings is 1. The fraction of sp³-hybridized carbons (Fsp3) is 0.135. The van der Waals surface area contributed by atoms with Crippen molar-refractivity contribution in [3.63, 3.8) is 0 Å². The van der Waals surface area contributed by atoms with Gasteiger partial charge in [-0.1, -0.05) is 42.5 Å². The molecule has 11 nitrogen and oxygen atoms in total. The summed E-state index contributed by atoms with van der Waals surface area (Å²) >= 11 is 0.978. The molecule has 8 rings (SSSR count). The van der Waals surface area contributed by atoms with Gasteiger partial charge in [-0.2, -0.15) is 0 Å². The Labute approximate surface area is 289 Å². The summed E-state index contributed by atoms with van der Waals surface area (Å²) in [4.78, 5) is 47.6. The topological polar surface area (TPSA) is 149 Å². The summed E-state index contributed by atoms with van der Waals surface area (Å²) in [5.74, 6) is -0.560. The van der Waals surface area contributed by atoms with Crippen molar-refractivity contribution in [1.82, 2.24) is 34.3 Å². The Morgan fingerprint density at radius 3 is 2.38 bits per heavy atom. The Morgan fingerprint density at radius 1 is 0.860 bits per heavy atom. The number of nitrogens with two attached hydrogens (primary N) is 2. The number of benzene rings is 3. The van der Waals surface area contributed by atoms with Crippen LogP contribution in [-0.2, 0) is 6.54 Å². The largest absolute Gasteiger partial charge is 0.383 e. The van der Waals surface area contributed by atoms with Gasteiger partial charge in [-0.05, 0) is 54.1 Å². The molecule has 13 heteroatoms. The summed E-state index contributed by atoms with van der Waals surface area (Å²) in [7, 11) is 0. The van der Waals surface area contributed by atoms with Crippen LogP contribution in [0.25, 0.3) is 49.7 Å². The molecule has 50 heavy (non-hydrogen) atoms. The van der Waals surface area contributed by atoms with Crippen LogP contribution in [0.15, 0.2) is 97.2 Å². The Bertz CT molecular complexity index is 2400. The molecule has 1 aliphatic heterocycles. The Hall–Kier alpha value is -6.05. The van der Waals surface area contributed by atoms with Crippen molar-refractivity contribution in [3.05, 3.63) is 119 Å². The van der Waals surface area contributed by atoms with Crippen LogP contribution in [0.2, 0.25) is 0 Å². The second-order valence-corrected chi connectivity index (χ2v) is 13.1. The number of primary amides is 1. The molecule has 0 unspecified atom stereocenters. The van der Waals surface area contributed by atoms with E-state index in [2.05, 4.69) is 27.0 Å². The van der Waals surface area contributed by atoms with Gasteiger partial charge in [0.05, 0.1) is 27.0 Å². The lowest BCUT2D eigenvalue weighted by atomic mass is 10.1. The van der Waals surface area contributed by atoms with Crippen LogP contribution >= 0.6 is 11.3 Å².